The summed E-state index contributed by atoms with van der Waals surface area (Å²) in [5.74, 6) is 0.828. The van der Waals surface area contributed by atoms with E-state index in [-0.39, 0.29) is 0 Å². The molecule has 0 atom stereocenters. The van der Waals surface area contributed by atoms with E-state index in [1.807, 2.05) is 38.1 Å². The highest BCUT2D eigenvalue weighted by molar-refractivity contribution is 7.97. The van der Waals surface area contributed by atoms with Crippen molar-refractivity contribution < 1.29 is 9.53 Å². The maximum atomic E-state index is 10.7. The van der Waals surface area contributed by atoms with Gasteiger partial charge in [0.1, 0.15) is 12.0 Å². The van der Waals surface area contributed by atoms with Crippen LogP contribution in [0.4, 0.5) is 0 Å². The Morgan fingerprint density at radius 2 is 1.93 bits per heavy atom. The van der Waals surface area contributed by atoms with E-state index in [4.69, 9.17) is 4.74 Å². The first-order chi connectivity index (χ1) is 7.07. The van der Waals surface area contributed by atoms with Gasteiger partial charge in [-0.05, 0) is 50.1 Å². The normalized spacial score (nSPS) is 11.1. The van der Waals surface area contributed by atoms with E-state index < -0.39 is 5.54 Å². The molecule has 3 nitrogen and oxygen atoms in total. The zero-order valence-corrected chi connectivity index (χ0v) is 9.93. The van der Waals surface area contributed by atoms with Gasteiger partial charge < -0.3 is 9.53 Å². The number of nitrogens with one attached hydrogen (secondary N) is 1. The highest BCUT2D eigenvalue weighted by Gasteiger charge is 2.15. The van der Waals surface area contributed by atoms with Crippen LogP contribution in [0, 0.1) is 0 Å². The Hall–Kier alpha value is -1.00. The second-order valence-corrected chi connectivity index (χ2v) is 4.60. The summed E-state index contributed by atoms with van der Waals surface area (Å²) in [6.07, 6.45) is 0.892. The zero-order chi connectivity index (χ0) is 11.3. The Kier molecular flexibility index (Phi) is 4.17. The number of carbonyl (C=O) groups excluding carboxylic acids is 1. The number of benzene rings is 1. The van der Waals surface area contributed by atoms with Gasteiger partial charge in [0.2, 0.25) is 0 Å². The fraction of sp³-hybridized carbons (Fsp3) is 0.364. The van der Waals surface area contributed by atoms with Crippen molar-refractivity contribution in [2.75, 3.05) is 7.11 Å². The summed E-state index contributed by atoms with van der Waals surface area (Å²) < 4.78 is 8.12. The smallest absolute Gasteiger partial charge is 0.140 e. The lowest BCUT2D eigenvalue weighted by molar-refractivity contribution is -0.111. The molecule has 0 aromatic heterocycles. The van der Waals surface area contributed by atoms with Crippen molar-refractivity contribution in [1.29, 1.82) is 0 Å². The van der Waals surface area contributed by atoms with Crippen LogP contribution in [0.5, 0.6) is 5.75 Å². The molecular formula is C11H15NO2S. The Morgan fingerprint density at radius 3 is 2.40 bits per heavy atom. The molecule has 1 N–H and O–H groups in total. The first-order valence-corrected chi connectivity index (χ1v) is 5.43. The van der Waals surface area contributed by atoms with Gasteiger partial charge in [0.15, 0.2) is 0 Å². The summed E-state index contributed by atoms with van der Waals surface area (Å²) >= 11 is 1.43. The van der Waals surface area contributed by atoms with Gasteiger partial charge >= 0.3 is 0 Å². The van der Waals surface area contributed by atoms with E-state index in [9.17, 15) is 4.79 Å². The molecule has 0 heterocycles. The molecule has 0 saturated heterocycles. The molecule has 1 aromatic carbocycles. The van der Waals surface area contributed by atoms with Crippen molar-refractivity contribution in [2.45, 2.75) is 24.3 Å². The van der Waals surface area contributed by atoms with Crippen LogP contribution >= 0.6 is 11.9 Å². The molecule has 0 spiro atoms. The highest BCUT2D eigenvalue weighted by Crippen LogP contribution is 2.20. The molecular weight excluding hydrogens is 210 g/mol. The van der Waals surface area contributed by atoms with Gasteiger partial charge in [-0.15, -0.1) is 0 Å². The van der Waals surface area contributed by atoms with Crippen molar-refractivity contribution in [3.05, 3.63) is 24.3 Å². The van der Waals surface area contributed by atoms with Gasteiger partial charge in [-0.25, -0.2) is 4.72 Å². The predicted octanol–water partition coefficient (Wildman–Crippen LogP) is 2.27. The van der Waals surface area contributed by atoms with Crippen LogP contribution in [0.1, 0.15) is 13.8 Å². The second kappa shape index (κ2) is 5.19. The minimum absolute atomic E-state index is 0.509. The molecule has 0 radical (unpaired) electrons. The molecule has 82 valence electrons. The Labute approximate surface area is 94.3 Å². The molecule has 0 amide bonds. The Balaban J connectivity index is 2.54. The third kappa shape index (κ3) is 3.93. The summed E-state index contributed by atoms with van der Waals surface area (Å²) in [6.45, 7) is 3.66. The number of hydrogen-bond donors (Lipinski definition) is 1. The van der Waals surface area contributed by atoms with Crippen LogP contribution in [0.3, 0.4) is 0 Å². The number of carbonyl (C=O) groups is 1. The fourth-order valence-corrected chi connectivity index (χ4v) is 1.56. The van der Waals surface area contributed by atoms with Crippen LogP contribution < -0.4 is 9.46 Å². The molecule has 4 heteroatoms. The lowest BCUT2D eigenvalue weighted by atomic mass is 10.1. The van der Waals surface area contributed by atoms with Crippen molar-refractivity contribution in [3.8, 4) is 5.75 Å². The molecule has 0 aliphatic heterocycles. The van der Waals surface area contributed by atoms with Crippen LogP contribution in [0.15, 0.2) is 29.2 Å². The maximum Gasteiger partial charge on any atom is 0.140 e. The second-order valence-electron chi connectivity index (χ2n) is 3.72. The number of ether oxygens (including phenoxy) is 1. The first kappa shape index (κ1) is 12.1. The van der Waals surface area contributed by atoms with E-state index >= 15 is 0 Å². The standard InChI is InChI=1S/C11H15NO2S/c1-11(2,8-13)12-15-10-6-4-9(14-3)5-7-10/h4-8,12H,1-3H3. The van der Waals surface area contributed by atoms with Crippen molar-refractivity contribution in [3.63, 3.8) is 0 Å². The Bertz CT molecular complexity index is 322. The van der Waals surface area contributed by atoms with Crippen LogP contribution in [0.25, 0.3) is 0 Å². The summed E-state index contributed by atoms with van der Waals surface area (Å²) in [6, 6.07) is 7.66. The van der Waals surface area contributed by atoms with Gasteiger partial charge in [0, 0.05) is 4.90 Å². The maximum absolute atomic E-state index is 10.7. The number of methoxy groups -OCH3 is 1. The zero-order valence-electron chi connectivity index (χ0n) is 9.11. The third-order valence-electron chi connectivity index (χ3n) is 1.79. The van der Waals surface area contributed by atoms with Crippen molar-refractivity contribution in [2.24, 2.45) is 0 Å². The van der Waals surface area contributed by atoms with E-state index in [1.54, 1.807) is 7.11 Å². The highest BCUT2D eigenvalue weighted by atomic mass is 32.2. The average molecular weight is 225 g/mol. The molecule has 1 rings (SSSR count). The Morgan fingerprint density at radius 1 is 1.33 bits per heavy atom. The van der Waals surface area contributed by atoms with Gasteiger partial charge in [-0.1, -0.05) is 0 Å². The molecule has 0 aliphatic carbocycles. The van der Waals surface area contributed by atoms with Crippen LogP contribution in [-0.4, -0.2) is 18.9 Å². The van der Waals surface area contributed by atoms with Gasteiger partial charge in [0.05, 0.1) is 12.6 Å². The summed E-state index contributed by atoms with van der Waals surface area (Å²) in [4.78, 5) is 11.7. The lowest BCUT2D eigenvalue weighted by Gasteiger charge is -2.17. The van der Waals surface area contributed by atoms with Gasteiger partial charge in [-0.3, -0.25) is 0 Å². The number of hydrogen-bond acceptors (Lipinski definition) is 4. The monoisotopic (exact) mass is 225 g/mol. The third-order valence-corrected chi connectivity index (χ3v) is 2.92. The van der Waals surface area contributed by atoms with Crippen molar-refractivity contribution in [1.82, 2.24) is 4.72 Å². The van der Waals surface area contributed by atoms with Crippen molar-refractivity contribution >= 4 is 18.2 Å². The van der Waals surface area contributed by atoms with E-state index in [1.165, 1.54) is 11.9 Å². The minimum Gasteiger partial charge on any atom is -0.497 e. The average Bonchev–Trinajstić information content (AvgIpc) is 2.27. The molecule has 0 aliphatic rings. The SMILES string of the molecule is COc1ccc(SNC(C)(C)C=O)cc1. The molecule has 1 aromatic rings. The van der Waals surface area contributed by atoms with E-state index in [0.29, 0.717) is 0 Å². The fourth-order valence-electron chi connectivity index (χ4n) is 0.858. The first-order valence-electron chi connectivity index (χ1n) is 4.62. The van der Waals surface area contributed by atoms with Gasteiger partial charge in [0.25, 0.3) is 0 Å². The largest absolute Gasteiger partial charge is 0.497 e. The predicted molar refractivity (Wildman–Crippen MR) is 62.1 cm³/mol. The molecule has 0 bridgehead atoms. The topological polar surface area (TPSA) is 38.3 Å². The molecule has 0 saturated carbocycles. The quantitative estimate of drug-likeness (QED) is 0.616. The van der Waals surface area contributed by atoms with E-state index in [2.05, 4.69) is 4.72 Å². The minimum atomic E-state index is -0.509. The summed E-state index contributed by atoms with van der Waals surface area (Å²) in [5, 5.41) is 0. The van der Waals surface area contributed by atoms with Crippen LogP contribution in [0.2, 0.25) is 0 Å². The van der Waals surface area contributed by atoms with E-state index in [0.717, 1.165) is 16.9 Å². The molecule has 0 fully saturated rings. The molecule has 0 unspecified atom stereocenters. The molecule has 15 heavy (non-hydrogen) atoms. The van der Waals surface area contributed by atoms with Gasteiger partial charge in [-0.2, -0.15) is 0 Å². The number of rotatable bonds is 5. The van der Waals surface area contributed by atoms with Crippen LogP contribution in [-0.2, 0) is 4.79 Å². The number of aldehydes is 1. The summed E-state index contributed by atoms with van der Waals surface area (Å²) in [7, 11) is 1.63. The summed E-state index contributed by atoms with van der Waals surface area (Å²) in [5.41, 5.74) is -0.509. The lowest BCUT2D eigenvalue weighted by Crippen LogP contribution is -2.35.